The molecule has 0 N–H and O–H groups in total. The van der Waals surface area contributed by atoms with Gasteiger partial charge in [-0.3, -0.25) is 0 Å². The average Bonchev–Trinajstić information content (AvgIpc) is 2.73. The highest BCUT2D eigenvalue weighted by Gasteiger charge is 2.15. The van der Waals surface area contributed by atoms with Gasteiger partial charge in [0.2, 0.25) is 5.88 Å². The first-order chi connectivity index (χ1) is 13.7. The first kappa shape index (κ1) is 18.0. The maximum Gasteiger partial charge on any atom is 0.223 e. The van der Waals surface area contributed by atoms with Crippen LogP contribution in [-0.2, 0) is 6.61 Å². The number of ether oxygens (including phenoxy) is 1. The summed E-state index contributed by atoms with van der Waals surface area (Å²) in [6.45, 7) is 0.228. The Bertz CT molecular complexity index is 1200. The minimum absolute atomic E-state index is 0.0351. The lowest BCUT2D eigenvalue weighted by Gasteiger charge is -2.13. The number of aromatic nitrogens is 1. The van der Waals surface area contributed by atoms with Crippen molar-refractivity contribution in [3.63, 3.8) is 0 Å². The number of hydrogen-bond acceptors (Lipinski definition) is 3. The summed E-state index contributed by atoms with van der Waals surface area (Å²) in [5.41, 5.74) is 3.27. The average molecular weight is 389 g/mol. The van der Waals surface area contributed by atoms with Crippen molar-refractivity contribution in [2.45, 2.75) is 6.61 Å². The van der Waals surface area contributed by atoms with Gasteiger partial charge in [-0.2, -0.15) is 10.2 Å². The van der Waals surface area contributed by atoms with Crippen LogP contribution in [0.3, 0.4) is 0 Å². The molecule has 0 radical (unpaired) electrons. The van der Waals surface area contributed by atoms with E-state index in [9.17, 15) is 9.65 Å². The lowest BCUT2D eigenvalue weighted by atomic mass is 10.0. The molecule has 0 atom stereocenters. The van der Waals surface area contributed by atoms with Gasteiger partial charge in [-0.05, 0) is 34.9 Å². The van der Waals surface area contributed by atoms with Crippen LogP contribution in [0.5, 0.6) is 5.88 Å². The standard InChI is InChI=1S/C23H14ClFN2O/c24-22-21(13-26)19-11-10-17(25)12-20(19)23(27-22)28-14-16-8-4-5-9-18(16)15-6-2-1-3-7-15/h1-12H,14H2. The molecule has 1 heterocycles. The van der Waals surface area contributed by atoms with E-state index < -0.39 is 5.82 Å². The van der Waals surface area contributed by atoms with Crippen LogP contribution in [0.15, 0.2) is 72.8 Å². The first-order valence-corrected chi connectivity index (χ1v) is 9.00. The fourth-order valence-electron chi connectivity index (χ4n) is 3.14. The molecule has 0 saturated heterocycles. The molecule has 1 aromatic heterocycles. The SMILES string of the molecule is N#Cc1c(Cl)nc(OCc2ccccc2-c2ccccc2)c2cc(F)ccc12. The number of rotatable bonds is 4. The Morgan fingerprint density at radius 2 is 1.71 bits per heavy atom. The van der Waals surface area contributed by atoms with Crippen molar-refractivity contribution in [1.82, 2.24) is 4.98 Å². The zero-order valence-electron chi connectivity index (χ0n) is 14.7. The maximum absolute atomic E-state index is 13.8. The number of nitriles is 1. The van der Waals surface area contributed by atoms with E-state index in [0.29, 0.717) is 10.8 Å². The zero-order valence-corrected chi connectivity index (χ0v) is 15.4. The van der Waals surface area contributed by atoms with Crippen molar-refractivity contribution in [2.24, 2.45) is 0 Å². The van der Waals surface area contributed by atoms with Gasteiger partial charge >= 0.3 is 0 Å². The normalized spacial score (nSPS) is 10.6. The lowest BCUT2D eigenvalue weighted by molar-refractivity contribution is 0.298. The highest BCUT2D eigenvalue weighted by molar-refractivity contribution is 6.31. The second-order valence-electron chi connectivity index (χ2n) is 6.20. The highest BCUT2D eigenvalue weighted by atomic mass is 35.5. The smallest absolute Gasteiger partial charge is 0.223 e. The van der Waals surface area contributed by atoms with E-state index in [2.05, 4.69) is 4.98 Å². The van der Waals surface area contributed by atoms with Gasteiger partial charge in [0.25, 0.3) is 0 Å². The number of hydrogen-bond donors (Lipinski definition) is 0. The maximum atomic E-state index is 13.8. The third-order valence-corrected chi connectivity index (χ3v) is 4.74. The summed E-state index contributed by atoms with van der Waals surface area (Å²) in [4.78, 5) is 4.18. The Hall–Kier alpha value is -3.42. The molecule has 0 unspecified atom stereocenters. The number of halogens is 2. The van der Waals surface area contributed by atoms with Gasteiger partial charge in [0.15, 0.2) is 5.15 Å². The van der Waals surface area contributed by atoms with Crippen molar-refractivity contribution in [3.05, 3.63) is 94.9 Å². The number of nitrogens with zero attached hydrogens (tertiary/aromatic N) is 2. The Kier molecular flexibility index (Phi) is 4.92. The molecule has 0 bridgehead atoms. The molecule has 0 aliphatic heterocycles. The summed E-state index contributed by atoms with van der Waals surface area (Å²) in [5, 5.41) is 10.3. The van der Waals surface area contributed by atoms with Gasteiger partial charge in [-0.15, -0.1) is 0 Å². The van der Waals surface area contributed by atoms with Crippen LogP contribution in [0.2, 0.25) is 5.15 Å². The minimum atomic E-state index is -0.435. The molecule has 28 heavy (non-hydrogen) atoms. The first-order valence-electron chi connectivity index (χ1n) is 8.62. The van der Waals surface area contributed by atoms with Crippen LogP contribution >= 0.6 is 11.6 Å². The van der Waals surface area contributed by atoms with Crippen LogP contribution < -0.4 is 4.74 Å². The molecule has 136 valence electrons. The van der Waals surface area contributed by atoms with E-state index in [1.807, 2.05) is 60.7 Å². The van der Waals surface area contributed by atoms with Crippen molar-refractivity contribution >= 4 is 22.4 Å². The zero-order chi connectivity index (χ0) is 19.5. The molecule has 0 amide bonds. The molecule has 0 aliphatic rings. The molecular formula is C23H14ClFN2O. The summed E-state index contributed by atoms with van der Waals surface area (Å²) in [7, 11) is 0. The van der Waals surface area contributed by atoms with Crippen LogP contribution in [-0.4, -0.2) is 4.98 Å². The molecule has 0 fully saturated rings. The lowest BCUT2D eigenvalue weighted by Crippen LogP contribution is -2.01. The molecule has 4 rings (SSSR count). The van der Waals surface area contributed by atoms with Crippen molar-refractivity contribution in [2.75, 3.05) is 0 Å². The molecule has 4 aromatic rings. The predicted molar refractivity (Wildman–Crippen MR) is 108 cm³/mol. The Labute approximate surface area is 166 Å². The number of fused-ring (bicyclic) bond motifs is 1. The van der Waals surface area contributed by atoms with Crippen LogP contribution in [0.4, 0.5) is 4.39 Å². The molecule has 3 nitrogen and oxygen atoms in total. The quantitative estimate of drug-likeness (QED) is 0.394. The second-order valence-corrected chi connectivity index (χ2v) is 6.55. The summed E-state index contributed by atoms with van der Waals surface area (Å²) >= 11 is 6.15. The van der Waals surface area contributed by atoms with Crippen molar-refractivity contribution < 1.29 is 9.13 Å². The van der Waals surface area contributed by atoms with E-state index >= 15 is 0 Å². The van der Waals surface area contributed by atoms with Gasteiger partial charge in [-0.25, -0.2) is 4.39 Å². The largest absolute Gasteiger partial charge is 0.472 e. The van der Waals surface area contributed by atoms with E-state index in [4.69, 9.17) is 16.3 Å². The fourth-order valence-corrected chi connectivity index (χ4v) is 3.36. The van der Waals surface area contributed by atoms with E-state index in [1.165, 1.54) is 18.2 Å². The van der Waals surface area contributed by atoms with Gasteiger partial charge in [-0.1, -0.05) is 66.2 Å². The fraction of sp³-hybridized carbons (Fsp3) is 0.0435. The Morgan fingerprint density at radius 3 is 2.50 bits per heavy atom. The van der Waals surface area contributed by atoms with Gasteiger partial charge < -0.3 is 4.74 Å². The van der Waals surface area contributed by atoms with Gasteiger partial charge in [0.05, 0.1) is 5.56 Å². The molecule has 0 spiro atoms. The molecule has 3 aromatic carbocycles. The second kappa shape index (κ2) is 7.67. The van der Waals surface area contributed by atoms with E-state index in [0.717, 1.165) is 16.7 Å². The van der Waals surface area contributed by atoms with Crippen LogP contribution in [0, 0.1) is 17.1 Å². The highest BCUT2D eigenvalue weighted by Crippen LogP contribution is 2.32. The van der Waals surface area contributed by atoms with Crippen LogP contribution in [0.1, 0.15) is 11.1 Å². The predicted octanol–water partition coefficient (Wildman–Crippen LogP) is 6.14. The monoisotopic (exact) mass is 388 g/mol. The summed E-state index contributed by atoms with van der Waals surface area (Å²) < 4.78 is 19.7. The van der Waals surface area contributed by atoms with Crippen molar-refractivity contribution in [3.8, 4) is 23.1 Å². The Balaban J connectivity index is 1.74. The molecule has 0 saturated carbocycles. The molecule has 5 heteroatoms. The van der Waals surface area contributed by atoms with Gasteiger partial charge in [0.1, 0.15) is 18.5 Å². The molecule has 0 aliphatic carbocycles. The number of pyridine rings is 1. The molecular weight excluding hydrogens is 375 g/mol. The van der Waals surface area contributed by atoms with Crippen LogP contribution in [0.25, 0.3) is 21.9 Å². The van der Waals surface area contributed by atoms with Gasteiger partial charge in [0, 0.05) is 10.8 Å². The summed E-state index contributed by atoms with van der Waals surface area (Å²) in [6, 6.07) is 24.0. The third-order valence-electron chi connectivity index (χ3n) is 4.47. The minimum Gasteiger partial charge on any atom is -0.472 e. The topological polar surface area (TPSA) is 45.9 Å². The summed E-state index contributed by atoms with van der Waals surface area (Å²) in [5.74, 6) is -0.239. The Morgan fingerprint density at radius 1 is 0.964 bits per heavy atom. The summed E-state index contributed by atoms with van der Waals surface area (Å²) in [6.07, 6.45) is 0. The third kappa shape index (κ3) is 3.40. The van der Waals surface area contributed by atoms with E-state index in [-0.39, 0.29) is 23.2 Å². The van der Waals surface area contributed by atoms with Crippen molar-refractivity contribution in [1.29, 1.82) is 5.26 Å². The number of benzene rings is 3. The van der Waals surface area contributed by atoms with E-state index in [1.54, 1.807) is 0 Å².